The summed E-state index contributed by atoms with van der Waals surface area (Å²) in [4.78, 5) is 4.74. The van der Waals surface area contributed by atoms with Gasteiger partial charge in [0.1, 0.15) is 31.0 Å². The van der Waals surface area contributed by atoms with Gasteiger partial charge in [0.2, 0.25) is 0 Å². The van der Waals surface area contributed by atoms with Crippen molar-refractivity contribution < 1.29 is 13.7 Å². The van der Waals surface area contributed by atoms with Crippen LogP contribution in [0, 0.1) is 17.1 Å². The fourth-order valence-electron chi connectivity index (χ4n) is 5.41. The van der Waals surface area contributed by atoms with E-state index in [-0.39, 0.29) is 10.9 Å². The fourth-order valence-corrected chi connectivity index (χ4v) is 6.45. The Labute approximate surface area is 214 Å². The number of benzene rings is 3. The second-order valence-corrected chi connectivity index (χ2v) is 13.4. The van der Waals surface area contributed by atoms with Crippen LogP contribution in [0.3, 0.4) is 0 Å². The highest BCUT2D eigenvalue weighted by Crippen LogP contribution is 2.41. The Hall–Kier alpha value is -3.66. The second kappa shape index (κ2) is 8.72. The lowest BCUT2D eigenvalue weighted by Gasteiger charge is -2.44. The number of rotatable bonds is 3. The smallest absolute Gasteiger partial charge is 0.143 e. The van der Waals surface area contributed by atoms with E-state index in [2.05, 4.69) is 39.2 Å². The Morgan fingerprint density at radius 3 is 2.78 bits per heavy atom. The number of H-pyrrole nitrogens is 1. The van der Waals surface area contributed by atoms with Crippen molar-refractivity contribution in [3.8, 4) is 34.2 Å². The highest BCUT2D eigenvalue weighted by molar-refractivity contribution is 7.70. The summed E-state index contributed by atoms with van der Waals surface area (Å²) in [5.74, 6) is 0.268. The van der Waals surface area contributed by atoms with Gasteiger partial charge < -0.3 is 19.1 Å². The topological polar surface area (TPSA) is 85.2 Å². The Balaban J connectivity index is 1.46. The lowest BCUT2D eigenvalue weighted by Crippen LogP contribution is -2.56. The standard InChI is InChI=1S/C28H27FN5O2P/c1-33-9-10-34-19(15-33)16-36-25-12-17(7-8-24(25)34)28-22-13-21(18(14-30)11-23(22)31-32-28)20-5-4-6-26(27(20)29)37(2,3)35/h4-8,11-13,19H,9-10,15-16H2,1-3H3,(H,31,32). The van der Waals surface area contributed by atoms with Crippen LogP contribution in [-0.4, -0.2) is 67.8 Å². The van der Waals surface area contributed by atoms with E-state index in [4.69, 9.17) is 4.74 Å². The van der Waals surface area contributed by atoms with Gasteiger partial charge in [-0.05, 0) is 50.7 Å². The molecule has 0 bridgehead atoms. The molecular formula is C28H27FN5O2P. The molecule has 0 amide bonds. The van der Waals surface area contributed by atoms with Crippen molar-refractivity contribution in [2.75, 3.05) is 51.5 Å². The first-order chi connectivity index (χ1) is 17.7. The SMILES string of the molecule is CN1CCN2c3ccc(-c4n[nH]c5cc(C#N)c(-c6cccc(P(C)(C)=O)c6F)cc45)cc3OCC2C1. The van der Waals surface area contributed by atoms with Crippen LogP contribution in [-0.2, 0) is 4.57 Å². The molecule has 0 radical (unpaired) electrons. The largest absolute Gasteiger partial charge is 0.489 e. The first-order valence-electron chi connectivity index (χ1n) is 12.2. The number of likely N-dealkylation sites (N-methyl/N-ethyl adjacent to an activating group) is 1. The van der Waals surface area contributed by atoms with E-state index in [0.29, 0.717) is 35.0 Å². The summed E-state index contributed by atoms with van der Waals surface area (Å²) in [5.41, 5.74) is 4.34. The maximum Gasteiger partial charge on any atom is 0.143 e. The first kappa shape index (κ1) is 23.7. The number of fused-ring (bicyclic) bond motifs is 4. The van der Waals surface area contributed by atoms with E-state index < -0.39 is 13.0 Å². The number of nitrogens with one attached hydrogen (secondary N) is 1. The molecule has 1 aromatic heterocycles. The van der Waals surface area contributed by atoms with Crippen LogP contribution in [0.4, 0.5) is 10.1 Å². The maximum atomic E-state index is 15.5. The lowest BCUT2D eigenvalue weighted by atomic mass is 9.96. The molecule has 4 aromatic rings. The third-order valence-corrected chi connectivity index (χ3v) is 8.84. The predicted octanol–water partition coefficient (Wildman–Crippen LogP) is 4.67. The van der Waals surface area contributed by atoms with E-state index in [0.717, 1.165) is 42.0 Å². The highest BCUT2D eigenvalue weighted by Gasteiger charge is 2.32. The summed E-state index contributed by atoms with van der Waals surface area (Å²) < 4.78 is 34.4. The maximum absolute atomic E-state index is 15.5. The zero-order chi connectivity index (χ0) is 25.9. The number of aromatic amines is 1. The van der Waals surface area contributed by atoms with Gasteiger partial charge in [0.05, 0.1) is 28.9 Å². The van der Waals surface area contributed by atoms with Crippen LogP contribution in [0.25, 0.3) is 33.3 Å². The van der Waals surface area contributed by atoms with Gasteiger partial charge in [0, 0.05) is 47.0 Å². The zero-order valence-corrected chi connectivity index (χ0v) is 21.8. The molecule has 3 aromatic carbocycles. The number of aromatic nitrogens is 2. The van der Waals surface area contributed by atoms with E-state index >= 15 is 4.39 Å². The van der Waals surface area contributed by atoms with Gasteiger partial charge in [0.25, 0.3) is 0 Å². The zero-order valence-electron chi connectivity index (χ0n) is 21.0. The van der Waals surface area contributed by atoms with Gasteiger partial charge in [-0.1, -0.05) is 18.2 Å². The lowest BCUT2D eigenvalue weighted by molar-refractivity contribution is 0.188. The van der Waals surface area contributed by atoms with Crippen LogP contribution in [0.2, 0.25) is 0 Å². The van der Waals surface area contributed by atoms with E-state index in [1.807, 2.05) is 12.1 Å². The third-order valence-electron chi connectivity index (χ3n) is 7.33. The van der Waals surface area contributed by atoms with Crippen molar-refractivity contribution in [2.45, 2.75) is 6.04 Å². The molecule has 1 N–H and O–H groups in total. The summed E-state index contributed by atoms with van der Waals surface area (Å²) in [6.07, 6.45) is 0. The van der Waals surface area contributed by atoms with Crippen LogP contribution in [0.1, 0.15) is 5.56 Å². The Kier molecular flexibility index (Phi) is 5.59. The van der Waals surface area contributed by atoms with Crippen molar-refractivity contribution in [1.29, 1.82) is 5.26 Å². The van der Waals surface area contributed by atoms with E-state index in [1.54, 1.807) is 43.7 Å². The monoisotopic (exact) mass is 515 g/mol. The summed E-state index contributed by atoms with van der Waals surface area (Å²) in [7, 11) is -0.708. The first-order valence-corrected chi connectivity index (χ1v) is 14.8. The molecule has 1 unspecified atom stereocenters. The average molecular weight is 516 g/mol. The van der Waals surface area contributed by atoms with E-state index in [1.165, 1.54) is 0 Å². The second-order valence-electron chi connectivity index (χ2n) is 10.2. The number of nitriles is 1. The normalized spacial score (nSPS) is 17.7. The Bertz CT molecular complexity index is 1640. The fraction of sp³-hybridized carbons (Fsp3) is 0.286. The summed E-state index contributed by atoms with van der Waals surface area (Å²) in [6, 6.07) is 17.0. The third kappa shape index (κ3) is 3.99. The molecule has 0 spiro atoms. The van der Waals surface area contributed by atoms with Crippen LogP contribution < -0.4 is 14.9 Å². The minimum absolute atomic E-state index is 0.176. The number of anilines is 1. The van der Waals surface area contributed by atoms with E-state index in [9.17, 15) is 9.83 Å². The number of hydrogen-bond donors (Lipinski definition) is 1. The Morgan fingerprint density at radius 1 is 1.16 bits per heavy atom. The molecule has 37 heavy (non-hydrogen) atoms. The molecule has 1 fully saturated rings. The number of halogens is 1. The van der Waals surface area contributed by atoms with Crippen LogP contribution >= 0.6 is 7.14 Å². The molecular weight excluding hydrogens is 488 g/mol. The van der Waals surface area contributed by atoms with Gasteiger partial charge in [-0.3, -0.25) is 5.10 Å². The van der Waals surface area contributed by atoms with Gasteiger partial charge >= 0.3 is 0 Å². The number of piperazine rings is 1. The molecule has 1 atom stereocenters. The molecule has 3 heterocycles. The molecule has 7 nitrogen and oxygen atoms in total. The Morgan fingerprint density at radius 2 is 2.00 bits per heavy atom. The molecule has 6 rings (SSSR count). The summed E-state index contributed by atoms with van der Waals surface area (Å²) in [5, 5.41) is 18.4. The number of ether oxygens (including phenoxy) is 1. The molecule has 2 aliphatic heterocycles. The van der Waals surface area contributed by atoms with Crippen molar-refractivity contribution in [3.63, 3.8) is 0 Å². The van der Waals surface area contributed by atoms with Gasteiger partial charge in [-0.25, -0.2) is 4.39 Å². The van der Waals surface area contributed by atoms with Gasteiger partial charge in [-0.15, -0.1) is 0 Å². The highest BCUT2D eigenvalue weighted by atomic mass is 31.2. The predicted molar refractivity (Wildman–Crippen MR) is 145 cm³/mol. The molecule has 0 saturated carbocycles. The quantitative estimate of drug-likeness (QED) is 0.399. The van der Waals surface area contributed by atoms with Gasteiger partial charge in [-0.2, -0.15) is 10.4 Å². The van der Waals surface area contributed by atoms with Crippen molar-refractivity contribution in [2.24, 2.45) is 0 Å². The van der Waals surface area contributed by atoms with Crippen molar-refractivity contribution >= 4 is 29.0 Å². The van der Waals surface area contributed by atoms with Crippen molar-refractivity contribution in [1.82, 2.24) is 15.1 Å². The van der Waals surface area contributed by atoms with Gasteiger partial charge in [0.15, 0.2) is 0 Å². The minimum Gasteiger partial charge on any atom is -0.489 e. The number of hydrogen-bond acceptors (Lipinski definition) is 6. The average Bonchev–Trinajstić information content (AvgIpc) is 3.29. The summed E-state index contributed by atoms with van der Waals surface area (Å²) in [6.45, 7) is 6.65. The van der Waals surface area contributed by atoms with Crippen molar-refractivity contribution in [3.05, 3.63) is 59.9 Å². The molecule has 2 aliphatic rings. The molecule has 9 heteroatoms. The molecule has 0 aliphatic carbocycles. The summed E-state index contributed by atoms with van der Waals surface area (Å²) >= 11 is 0. The number of nitrogens with zero attached hydrogens (tertiary/aromatic N) is 4. The minimum atomic E-state index is -2.84. The van der Waals surface area contributed by atoms with Crippen LogP contribution in [0.5, 0.6) is 5.75 Å². The molecule has 188 valence electrons. The molecule has 1 saturated heterocycles. The van der Waals surface area contributed by atoms with Crippen LogP contribution in [0.15, 0.2) is 48.5 Å².